The highest BCUT2D eigenvalue weighted by Gasteiger charge is 2.48. The zero-order chi connectivity index (χ0) is 26.2. The largest absolute Gasteiger partial charge is 0.333 e. The Morgan fingerprint density at radius 1 is 0.971 bits per heavy atom. The van der Waals surface area contributed by atoms with Crippen molar-refractivity contribution in [3.8, 4) is 0 Å². The number of amides is 5. The lowest BCUT2D eigenvalue weighted by Crippen LogP contribution is -2.46. The van der Waals surface area contributed by atoms with E-state index in [4.69, 9.17) is 9.81 Å². The second-order valence-electron chi connectivity index (χ2n) is 7.50. The molecular formula is C17H23N3O13S2. The fourth-order valence-electron chi connectivity index (χ4n) is 3.19. The van der Waals surface area contributed by atoms with Crippen molar-refractivity contribution in [1.82, 2.24) is 15.5 Å². The van der Waals surface area contributed by atoms with Gasteiger partial charge < -0.3 is 4.84 Å². The van der Waals surface area contributed by atoms with Crippen molar-refractivity contribution >= 4 is 57.7 Å². The monoisotopic (exact) mass is 541 g/mol. The van der Waals surface area contributed by atoms with Crippen LogP contribution in [0.2, 0.25) is 0 Å². The lowest BCUT2D eigenvalue weighted by atomic mass is 10.1. The smallest absolute Gasteiger partial charge is 0.330 e. The minimum atomic E-state index is -4.79. The summed E-state index contributed by atoms with van der Waals surface area (Å²) in [5.74, 6) is -5.22. The first-order chi connectivity index (χ1) is 16.5. The maximum absolute atomic E-state index is 12.0. The molecule has 0 aromatic rings. The topological polar surface area (TPSA) is 223 Å². The van der Waals surface area contributed by atoms with E-state index in [1.165, 1.54) is 0 Å². The summed E-state index contributed by atoms with van der Waals surface area (Å²) in [5.41, 5.74) is 2.20. The van der Waals surface area contributed by atoms with Crippen LogP contribution < -0.4 is 5.43 Å². The predicted molar refractivity (Wildman–Crippen MR) is 111 cm³/mol. The molecule has 2 aliphatic rings. The summed E-state index contributed by atoms with van der Waals surface area (Å²) in [4.78, 5) is 75.6. The van der Waals surface area contributed by atoms with E-state index < -0.39 is 62.5 Å². The Hall–Kier alpha value is -2.64. The summed E-state index contributed by atoms with van der Waals surface area (Å²) < 4.78 is 35.2. The third-order valence-electron chi connectivity index (χ3n) is 4.93. The molecule has 2 unspecified atom stereocenters. The van der Waals surface area contributed by atoms with Gasteiger partial charge in [0.05, 0.1) is 12.8 Å². The molecule has 0 aromatic heterocycles. The molecule has 0 aliphatic carbocycles. The SMILES string of the molecule is O=C(CCCCCCCC(=O)ON1C(=O)CC(S(=O)(=O)O)C1=O)NN1C(=O)CC(SOOO)C1=O. The van der Waals surface area contributed by atoms with Gasteiger partial charge in [-0.2, -0.15) is 13.4 Å². The molecule has 2 rings (SSSR count). The average molecular weight is 542 g/mol. The van der Waals surface area contributed by atoms with Crippen molar-refractivity contribution in [1.29, 1.82) is 0 Å². The van der Waals surface area contributed by atoms with Gasteiger partial charge in [0, 0.05) is 24.9 Å². The third kappa shape index (κ3) is 8.22. The zero-order valence-electron chi connectivity index (χ0n) is 18.1. The van der Waals surface area contributed by atoms with E-state index in [9.17, 15) is 37.2 Å². The normalized spacial score (nSPS) is 20.6. The Morgan fingerprint density at radius 2 is 1.60 bits per heavy atom. The second-order valence-corrected chi connectivity index (χ2v) is 10.00. The molecule has 5 amide bonds. The number of carbonyl (C=O) groups excluding carboxylic acids is 6. The molecule has 0 bridgehead atoms. The number of hydrogen-bond acceptors (Lipinski definition) is 13. The summed E-state index contributed by atoms with van der Waals surface area (Å²) in [6, 6.07) is 0. The molecular weight excluding hydrogens is 518 g/mol. The number of carbonyl (C=O) groups is 6. The van der Waals surface area contributed by atoms with Crippen LogP contribution in [0.5, 0.6) is 0 Å². The lowest BCUT2D eigenvalue weighted by molar-refractivity contribution is -0.432. The molecule has 2 aliphatic heterocycles. The summed E-state index contributed by atoms with van der Waals surface area (Å²) >= 11 is 0.429. The molecule has 2 fully saturated rings. The van der Waals surface area contributed by atoms with E-state index in [-0.39, 0.29) is 24.3 Å². The molecule has 2 atom stereocenters. The fourth-order valence-corrected chi connectivity index (χ4v) is 4.42. The van der Waals surface area contributed by atoms with Crippen molar-refractivity contribution in [3.05, 3.63) is 0 Å². The highest BCUT2D eigenvalue weighted by atomic mass is 32.2. The summed E-state index contributed by atoms with van der Waals surface area (Å²) in [6.07, 6.45) is 1.33. The van der Waals surface area contributed by atoms with Crippen molar-refractivity contribution in [2.75, 3.05) is 0 Å². The van der Waals surface area contributed by atoms with Gasteiger partial charge in [-0.1, -0.05) is 24.3 Å². The minimum Gasteiger partial charge on any atom is -0.330 e. The number of rotatable bonds is 14. The number of nitrogens with zero attached hydrogens (tertiary/aromatic N) is 2. The number of imide groups is 2. The highest BCUT2D eigenvalue weighted by molar-refractivity contribution is 7.96. The Labute approximate surface area is 202 Å². The molecule has 2 saturated heterocycles. The van der Waals surface area contributed by atoms with Gasteiger partial charge in [-0.3, -0.25) is 34.0 Å². The van der Waals surface area contributed by atoms with Crippen molar-refractivity contribution in [2.45, 2.75) is 68.3 Å². The van der Waals surface area contributed by atoms with Gasteiger partial charge in [-0.05, 0) is 12.8 Å². The first-order valence-electron chi connectivity index (χ1n) is 10.3. The number of hydrazine groups is 1. The van der Waals surface area contributed by atoms with E-state index in [1.54, 1.807) is 0 Å². The van der Waals surface area contributed by atoms with Gasteiger partial charge >= 0.3 is 5.97 Å². The molecule has 0 spiro atoms. The van der Waals surface area contributed by atoms with E-state index in [2.05, 4.69) is 19.6 Å². The maximum atomic E-state index is 12.0. The summed E-state index contributed by atoms with van der Waals surface area (Å²) in [7, 11) is -4.79. The molecule has 2 heterocycles. The summed E-state index contributed by atoms with van der Waals surface area (Å²) in [6.45, 7) is 0. The van der Waals surface area contributed by atoms with Crippen molar-refractivity contribution < 1.29 is 61.2 Å². The van der Waals surface area contributed by atoms with E-state index in [0.717, 1.165) is 0 Å². The van der Waals surface area contributed by atoms with Crippen LogP contribution in [-0.2, 0) is 53.1 Å². The molecule has 18 heteroatoms. The Bertz CT molecular complexity index is 970. The molecule has 0 aromatic carbocycles. The number of hydroxylamine groups is 2. The first-order valence-corrected chi connectivity index (χ1v) is 12.6. The van der Waals surface area contributed by atoms with Crippen LogP contribution in [0, 0.1) is 0 Å². The fraction of sp³-hybridized carbons (Fsp3) is 0.647. The quantitative estimate of drug-likeness (QED) is 0.0625. The van der Waals surface area contributed by atoms with Gasteiger partial charge in [0.15, 0.2) is 5.25 Å². The van der Waals surface area contributed by atoms with Crippen LogP contribution in [0.3, 0.4) is 0 Å². The number of nitrogens with one attached hydrogen (secondary N) is 1. The molecule has 196 valence electrons. The van der Waals surface area contributed by atoms with Gasteiger partial charge in [0.25, 0.3) is 27.8 Å². The lowest BCUT2D eigenvalue weighted by Gasteiger charge is -2.15. The van der Waals surface area contributed by atoms with Gasteiger partial charge in [0.2, 0.25) is 11.8 Å². The van der Waals surface area contributed by atoms with Crippen LogP contribution in [0.15, 0.2) is 0 Å². The van der Waals surface area contributed by atoms with E-state index in [1.807, 2.05) is 0 Å². The highest BCUT2D eigenvalue weighted by Crippen LogP contribution is 2.25. The number of hydrogen-bond donors (Lipinski definition) is 3. The third-order valence-corrected chi connectivity index (χ3v) is 6.75. The molecule has 35 heavy (non-hydrogen) atoms. The molecule has 3 N–H and O–H groups in total. The van der Waals surface area contributed by atoms with Crippen LogP contribution in [-0.4, -0.2) is 74.3 Å². The first kappa shape index (κ1) is 28.6. The van der Waals surface area contributed by atoms with Crippen molar-refractivity contribution in [3.63, 3.8) is 0 Å². The predicted octanol–water partition coefficient (Wildman–Crippen LogP) is -0.581. The zero-order valence-corrected chi connectivity index (χ0v) is 19.7. The maximum Gasteiger partial charge on any atom is 0.333 e. The van der Waals surface area contributed by atoms with E-state index >= 15 is 0 Å². The Kier molecular flexibility index (Phi) is 10.5. The van der Waals surface area contributed by atoms with Crippen molar-refractivity contribution in [2.24, 2.45) is 0 Å². The standard InChI is InChI=1S/C17H23N3O13S2/c21-12(18-19-13(22)8-10(16(19)25)34-33-32-27)6-4-2-1-3-5-7-15(24)31-20-14(23)9-11(17(20)26)35(28,29)30/h10-11,27H,1-9H2,(H,18,21)(H,28,29,30). The molecule has 16 nitrogen and oxygen atoms in total. The Morgan fingerprint density at radius 3 is 2.20 bits per heavy atom. The number of unbranched alkanes of at least 4 members (excludes halogenated alkanes) is 4. The Balaban J connectivity index is 1.58. The molecule has 0 saturated carbocycles. The van der Waals surface area contributed by atoms with Gasteiger partial charge in [-0.15, -0.1) is 9.40 Å². The summed E-state index contributed by atoms with van der Waals surface area (Å²) in [5, 5.41) is 9.15. The second kappa shape index (κ2) is 12.9. The van der Waals surface area contributed by atoms with Gasteiger partial charge in [-0.25, -0.2) is 10.1 Å². The van der Waals surface area contributed by atoms with Crippen LogP contribution in [0.4, 0.5) is 0 Å². The van der Waals surface area contributed by atoms with Crippen LogP contribution in [0.1, 0.15) is 57.8 Å². The van der Waals surface area contributed by atoms with Crippen LogP contribution >= 0.6 is 12.0 Å². The van der Waals surface area contributed by atoms with Gasteiger partial charge in [0.1, 0.15) is 5.25 Å². The average Bonchev–Trinajstić information content (AvgIpc) is 3.21. The molecule has 0 radical (unpaired) electrons. The van der Waals surface area contributed by atoms with Crippen LogP contribution in [0.25, 0.3) is 0 Å². The van der Waals surface area contributed by atoms with E-state index in [0.29, 0.717) is 49.2 Å². The minimum absolute atomic E-state index is 0.0290.